The van der Waals surface area contributed by atoms with Gasteiger partial charge < -0.3 is 10.6 Å². The van der Waals surface area contributed by atoms with Gasteiger partial charge in [0, 0.05) is 19.1 Å². The molecule has 2 nitrogen and oxygen atoms in total. The summed E-state index contributed by atoms with van der Waals surface area (Å²) in [6.45, 7) is 6.04. The zero-order chi connectivity index (χ0) is 10.6. The van der Waals surface area contributed by atoms with Crippen LogP contribution in [-0.2, 0) is 0 Å². The summed E-state index contributed by atoms with van der Waals surface area (Å²) >= 11 is 0. The summed E-state index contributed by atoms with van der Waals surface area (Å²) in [5.41, 5.74) is 0.520. The molecule has 15 heavy (non-hydrogen) atoms. The molecule has 2 rings (SSSR count). The van der Waals surface area contributed by atoms with Gasteiger partial charge in [0.05, 0.1) is 0 Å². The van der Waals surface area contributed by atoms with Gasteiger partial charge in [0.15, 0.2) is 0 Å². The quantitative estimate of drug-likeness (QED) is 0.698. The highest BCUT2D eigenvalue weighted by Crippen LogP contribution is 2.24. The second-order valence-corrected chi connectivity index (χ2v) is 5.81. The van der Waals surface area contributed by atoms with Gasteiger partial charge in [-0.25, -0.2) is 0 Å². The lowest BCUT2D eigenvalue weighted by molar-refractivity contribution is 0.308. The Morgan fingerprint density at radius 1 is 1.20 bits per heavy atom. The number of rotatable bonds is 3. The summed E-state index contributed by atoms with van der Waals surface area (Å²) in [7, 11) is 0. The van der Waals surface area contributed by atoms with Gasteiger partial charge >= 0.3 is 0 Å². The van der Waals surface area contributed by atoms with E-state index < -0.39 is 0 Å². The van der Waals surface area contributed by atoms with E-state index in [1.54, 1.807) is 0 Å². The molecule has 2 aliphatic rings. The van der Waals surface area contributed by atoms with Crippen molar-refractivity contribution in [2.45, 2.75) is 57.9 Å². The van der Waals surface area contributed by atoms with Crippen LogP contribution in [-0.4, -0.2) is 25.7 Å². The third-order valence-corrected chi connectivity index (χ3v) is 4.13. The maximum atomic E-state index is 3.80. The highest BCUT2D eigenvalue weighted by molar-refractivity contribution is 4.87. The average Bonchev–Trinajstić information content (AvgIpc) is 2.53. The van der Waals surface area contributed by atoms with Crippen LogP contribution in [0.25, 0.3) is 0 Å². The molecule has 88 valence electrons. The Bertz CT molecular complexity index is 177. The van der Waals surface area contributed by atoms with Crippen LogP contribution in [0, 0.1) is 5.41 Å². The first-order valence-electron chi connectivity index (χ1n) is 6.73. The van der Waals surface area contributed by atoms with Gasteiger partial charge in [0.1, 0.15) is 0 Å². The van der Waals surface area contributed by atoms with Crippen molar-refractivity contribution in [1.29, 1.82) is 0 Å². The molecular formula is C13H26N2. The first kappa shape index (κ1) is 11.4. The van der Waals surface area contributed by atoms with Crippen molar-refractivity contribution in [3.05, 3.63) is 0 Å². The Balaban J connectivity index is 1.71. The molecule has 0 amide bonds. The minimum atomic E-state index is 0.520. The van der Waals surface area contributed by atoms with E-state index in [-0.39, 0.29) is 0 Å². The molecule has 2 heteroatoms. The molecule has 1 atom stereocenters. The molecule has 0 radical (unpaired) electrons. The molecule has 2 fully saturated rings. The fraction of sp³-hybridized carbons (Fsp3) is 1.00. The molecule has 1 aliphatic heterocycles. The summed E-state index contributed by atoms with van der Waals surface area (Å²) in [4.78, 5) is 0. The van der Waals surface area contributed by atoms with Gasteiger partial charge in [-0.05, 0) is 31.2 Å². The Labute approximate surface area is 94.2 Å². The van der Waals surface area contributed by atoms with Gasteiger partial charge in [0.25, 0.3) is 0 Å². The maximum absolute atomic E-state index is 3.80. The van der Waals surface area contributed by atoms with Gasteiger partial charge in [-0.2, -0.15) is 0 Å². The van der Waals surface area contributed by atoms with Gasteiger partial charge in [0.2, 0.25) is 0 Å². The normalized spacial score (nSPS) is 34.2. The van der Waals surface area contributed by atoms with Crippen LogP contribution in [0.5, 0.6) is 0 Å². The fourth-order valence-electron chi connectivity index (χ4n) is 2.89. The van der Waals surface area contributed by atoms with Gasteiger partial charge in [-0.1, -0.05) is 32.6 Å². The van der Waals surface area contributed by atoms with E-state index >= 15 is 0 Å². The Kier molecular flexibility index (Phi) is 4.04. The minimum Gasteiger partial charge on any atom is -0.316 e. The Morgan fingerprint density at radius 2 is 1.93 bits per heavy atom. The molecule has 1 heterocycles. The molecule has 1 unspecified atom stereocenters. The summed E-state index contributed by atoms with van der Waals surface area (Å²) in [5, 5.41) is 7.28. The van der Waals surface area contributed by atoms with Gasteiger partial charge in [-0.15, -0.1) is 0 Å². The highest BCUT2D eigenvalue weighted by Gasteiger charge is 2.28. The largest absolute Gasteiger partial charge is 0.316 e. The van der Waals surface area contributed by atoms with E-state index in [2.05, 4.69) is 17.6 Å². The van der Waals surface area contributed by atoms with E-state index in [1.807, 2.05) is 0 Å². The Hall–Kier alpha value is -0.0800. The highest BCUT2D eigenvalue weighted by atomic mass is 15.0. The molecule has 0 aromatic carbocycles. The Morgan fingerprint density at radius 3 is 2.53 bits per heavy atom. The van der Waals surface area contributed by atoms with Crippen molar-refractivity contribution < 1.29 is 0 Å². The third kappa shape index (κ3) is 3.46. The molecule has 2 N–H and O–H groups in total. The van der Waals surface area contributed by atoms with Crippen molar-refractivity contribution in [2.24, 2.45) is 5.41 Å². The second-order valence-electron chi connectivity index (χ2n) is 5.81. The number of hydrogen-bond acceptors (Lipinski definition) is 2. The first-order chi connectivity index (χ1) is 7.29. The van der Waals surface area contributed by atoms with Crippen LogP contribution in [0.4, 0.5) is 0 Å². The third-order valence-electron chi connectivity index (χ3n) is 4.13. The molecule has 1 aliphatic carbocycles. The van der Waals surface area contributed by atoms with Crippen LogP contribution in [0.2, 0.25) is 0 Å². The molecule has 1 saturated heterocycles. The van der Waals surface area contributed by atoms with Crippen molar-refractivity contribution in [3.8, 4) is 0 Å². The SMILES string of the molecule is CC1(CNC2CCCCCC2)CCNC1. The predicted molar refractivity (Wildman–Crippen MR) is 65.1 cm³/mol. The maximum Gasteiger partial charge on any atom is 0.00673 e. The first-order valence-corrected chi connectivity index (χ1v) is 6.73. The molecular weight excluding hydrogens is 184 g/mol. The van der Waals surface area contributed by atoms with E-state index in [0.717, 1.165) is 6.04 Å². The lowest BCUT2D eigenvalue weighted by atomic mass is 9.89. The van der Waals surface area contributed by atoms with Crippen LogP contribution in [0.1, 0.15) is 51.9 Å². The monoisotopic (exact) mass is 210 g/mol. The lowest BCUT2D eigenvalue weighted by Crippen LogP contribution is -2.39. The number of nitrogens with one attached hydrogen (secondary N) is 2. The topological polar surface area (TPSA) is 24.1 Å². The second kappa shape index (κ2) is 5.31. The summed E-state index contributed by atoms with van der Waals surface area (Å²) in [5.74, 6) is 0. The van der Waals surface area contributed by atoms with E-state index in [4.69, 9.17) is 0 Å². The van der Waals surface area contributed by atoms with Crippen molar-refractivity contribution in [2.75, 3.05) is 19.6 Å². The fourth-order valence-corrected chi connectivity index (χ4v) is 2.89. The van der Waals surface area contributed by atoms with Crippen molar-refractivity contribution in [3.63, 3.8) is 0 Å². The summed E-state index contributed by atoms with van der Waals surface area (Å²) in [6, 6.07) is 0.810. The lowest BCUT2D eigenvalue weighted by Gasteiger charge is -2.26. The molecule has 1 saturated carbocycles. The molecule has 0 aromatic rings. The zero-order valence-electron chi connectivity index (χ0n) is 10.1. The zero-order valence-corrected chi connectivity index (χ0v) is 10.1. The van der Waals surface area contributed by atoms with E-state index in [9.17, 15) is 0 Å². The number of hydrogen-bond donors (Lipinski definition) is 2. The minimum absolute atomic E-state index is 0.520. The molecule has 0 spiro atoms. The summed E-state index contributed by atoms with van der Waals surface area (Å²) in [6.07, 6.45) is 9.94. The van der Waals surface area contributed by atoms with E-state index in [0.29, 0.717) is 5.41 Å². The van der Waals surface area contributed by atoms with Crippen LogP contribution < -0.4 is 10.6 Å². The van der Waals surface area contributed by atoms with Crippen LogP contribution >= 0.6 is 0 Å². The van der Waals surface area contributed by atoms with Crippen LogP contribution in [0.15, 0.2) is 0 Å². The van der Waals surface area contributed by atoms with Crippen LogP contribution in [0.3, 0.4) is 0 Å². The van der Waals surface area contributed by atoms with E-state index in [1.165, 1.54) is 64.6 Å². The predicted octanol–water partition coefficient (Wildman–Crippen LogP) is 2.30. The van der Waals surface area contributed by atoms with Crippen molar-refractivity contribution >= 4 is 0 Å². The average molecular weight is 210 g/mol. The standard InChI is InChI=1S/C13H26N2/c1-13(8-9-14-10-13)11-15-12-6-4-2-3-5-7-12/h12,14-15H,2-11H2,1H3. The smallest absolute Gasteiger partial charge is 0.00673 e. The summed E-state index contributed by atoms with van der Waals surface area (Å²) < 4.78 is 0. The molecule has 0 aromatic heterocycles. The molecule has 0 bridgehead atoms. The van der Waals surface area contributed by atoms with Crippen molar-refractivity contribution in [1.82, 2.24) is 10.6 Å². The van der Waals surface area contributed by atoms with Gasteiger partial charge in [-0.3, -0.25) is 0 Å².